The van der Waals surface area contributed by atoms with Gasteiger partial charge >= 0.3 is 0 Å². The van der Waals surface area contributed by atoms with Crippen molar-refractivity contribution in [2.75, 3.05) is 0 Å². The molecule has 0 amide bonds. The Hall–Kier alpha value is -2.29. The third-order valence-electron chi connectivity index (χ3n) is 3.01. The SMILES string of the molecule is C=CC(c1ncc[nH]1)c1c[nH]c2ccccc12. The van der Waals surface area contributed by atoms with Gasteiger partial charge in [-0.25, -0.2) is 4.98 Å². The molecule has 2 heterocycles. The molecule has 0 saturated heterocycles. The monoisotopic (exact) mass is 223 g/mol. The standard InChI is InChI=1S/C14H13N3/c1-2-10(14-15-7-8-16-14)12-9-17-13-6-4-3-5-11(12)13/h2-10,17H,1H2,(H,15,16). The molecule has 3 nitrogen and oxygen atoms in total. The van der Waals surface area contributed by atoms with Crippen LogP contribution < -0.4 is 0 Å². The zero-order valence-electron chi connectivity index (χ0n) is 9.35. The van der Waals surface area contributed by atoms with E-state index in [0.717, 1.165) is 11.3 Å². The first kappa shape index (κ1) is 9.90. The maximum atomic E-state index is 4.31. The number of nitrogens with one attached hydrogen (secondary N) is 2. The summed E-state index contributed by atoms with van der Waals surface area (Å²) in [6.45, 7) is 3.91. The van der Waals surface area contributed by atoms with Crippen LogP contribution in [-0.4, -0.2) is 15.0 Å². The van der Waals surface area contributed by atoms with Crippen molar-refractivity contribution in [3.05, 3.63) is 66.9 Å². The van der Waals surface area contributed by atoms with E-state index >= 15 is 0 Å². The molecule has 84 valence electrons. The van der Waals surface area contributed by atoms with Crippen molar-refractivity contribution in [1.29, 1.82) is 0 Å². The van der Waals surface area contributed by atoms with Crippen LogP contribution in [0, 0.1) is 0 Å². The average molecular weight is 223 g/mol. The number of benzene rings is 1. The van der Waals surface area contributed by atoms with Crippen LogP contribution in [0.1, 0.15) is 17.3 Å². The largest absolute Gasteiger partial charge is 0.361 e. The fraction of sp³-hybridized carbons (Fsp3) is 0.0714. The molecule has 0 saturated carbocycles. The van der Waals surface area contributed by atoms with Crippen LogP contribution in [0.5, 0.6) is 0 Å². The van der Waals surface area contributed by atoms with Crippen molar-refractivity contribution in [3.8, 4) is 0 Å². The third kappa shape index (κ3) is 1.56. The number of fused-ring (bicyclic) bond motifs is 1. The first-order chi connectivity index (χ1) is 8.40. The summed E-state index contributed by atoms with van der Waals surface area (Å²) in [7, 11) is 0. The Kier molecular flexibility index (Phi) is 2.29. The van der Waals surface area contributed by atoms with Gasteiger partial charge in [0.1, 0.15) is 5.82 Å². The number of aromatic nitrogens is 3. The van der Waals surface area contributed by atoms with Crippen molar-refractivity contribution in [1.82, 2.24) is 15.0 Å². The van der Waals surface area contributed by atoms with Gasteiger partial charge in [0.2, 0.25) is 0 Å². The maximum Gasteiger partial charge on any atom is 0.117 e. The third-order valence-corrected chi connectivity index (χ3v) is 3.01. The molecule has 0 aliphatic carbocycles. The summed E-state index contributed by atoms with van der Waals surface area (Å²) in [6, 6.07) is 8.25. The van der Waals surface area contributed by atoms with Crippen LogP contribution >= 0.6 is 0 Å². The Morgan fingerprint density at radius 2 is 2.12 bits per heavy atom. The molecule has 0 aliphatic rings. The number of para-hydroxylation sites is 1. The number of hydrogen-bond donors (Lipinski definition) is 2. The molecule has 3 aromatic rings. The van der Waals surface area contributed by atoms with Crippen molar-refractivity contribution >= 4 is 10.9 Å². The minimum absolute atomic E-state index is 0.0983. The molecule has 0 spiro atoms. The lowest BCUT2D eigenvalue weighted by Crippen LogP contribution is -1.98. The van der Waals surface area contributed by atoms with E-state index in [1.165, 1.54) is 10.9 Å². The number of aromatic amines is 2. The number of nitrogens with zero attached hydrogens (tertiary/aromatic N) is 1. The normalized spacial score (nSPS) is 12.7. The molecule has 0 bridgehead atoms. The van der Waals surface area contributed by atoms with Gasteiger partial charge in [0.25, 0.3) is 0 Å². The van der Waals surface area contributed by atoms with E-state index in [-0.39, 0.29) is 5.92 Å². The fourth-order valence-corrected chi connectivity index (χ4v) is 2.18. The molecule has 17 heavy (non-hydrogen) atoms. The van der Waals surface area contributed by atoms with Gasteiger partial charge in [0.15, 0.2) is 0 Å². The lowest BCUT2D eigenvalue weighted by molar-refractivity contribution is 0.925. The predicted octanol–water partition coefficient (Wildman–Crippen LogP) is 3.21. The van der Waals surface area contributed by atoms with Gasteiger partial charge in [0, 0.05) is 29.5 Å². The summed E-state index contributed by atoms with van der Waals surface area (Å²) in [5.41, 5.74) is 2.34. The molecule has 0 radical (unpaired) electrons. The molecule has 2 N–H and O–H groups in total. The Morgan fingerprint density at radius 1 is 1.24 bits per heavy atom. The van der Waals surface area contributed by atoms with Crippen LogP contribution in [0.3, 0.4) is 0 Å². The minimum Gasteiger partial charge on any atom is -0.361 e. The Labute approximate surface area is 99.2 Å². The van der Waals surface area contributed by atoms with Crippen molar-refractivity contribution in [2.24, 2.45) is 0 Å². The molecule has 3 heteroatoms. The first-order valence-electron chi connectivity index (χ1n) is 5.58. The lowest BCUT2D eigenvalue weighted by Gasteiger charge is -2.08. The number of H-pyrrole nitrogens is 2. The highest BCUT2D eigenvalue weighted by Gasteiger charge is 2.16. The van der Waals surface area contributed by atoms with E-state index in [1.807, 2.05) is 30.6 Å². The number of allylic oxidation sites excluding steroid dienone is 1. The second-order valence-electron chi connectivity index (χ2n) is 3.98. The summed E-state index contributed by atoms with van der Waals surface area (Å²) in [5, 5.41) is 1.22. The van der Waals surface area contributed by atoms with Gasteiger partial charge in [0.05, 0.1) is 5.92 Å². The van der Waals surface area contributed by atoms with Crippen molar-refractivity contribution in [3.63, 3.8) is 0 Å². The Morgan fingerprint density at radius 3 is 2.88 bits per heavy atom. The summed E-state index contributed by atoms with van der Waals surface area (Å²) in [4.78, 5) is 10.7. The molecule has 0 aliphatic heterocycles. The summed E-state index contributed by atoms with van der Waals surface area (Å²) < 4.78 is 0. The minimum atomic E-state index is 0.0983. The van der Waals surface area contributed by atoms with E-state index < -0.39 is 0 Å². The van der Waals surface area contributed by atoms with Crippen LogP contribution in [0.25, 0.3) is 10.9 Å². The summed E-state index contributed by atoms with van der Waals surface area (Å²) in [5.74, 6) is 1.02. The lowest BCUT2D eigenvalue weighted by atomic mass is 9.98. The highest BCUT2D eigenvalue weighted by Crippen LogP contribution is 2.29. The summed E-state index contributed by atoms with van der Waals surface area (Å²) in [6.07, 6.45) is 7.54. The molecule has 1 atom stereocenters. The predicted molar refractivity (Wildman–Crippen MR) is 68.9 cm³/mol. The molecular formula is C14H13N3. The van der Waals surface area contributed by atoms with Gasteiger partial charge in [-0.1, -0.05) is 24.3 Å². The van der Waals surface area contributed by atoms with Gasteiger partial charge < -0.3 is 9.97 Å². The highest BCUT2D eigenvalue weighted by molar-refractivity contribution is 5.84. The zero-order valence-corrected chi connectivity index (χ0v) is 9.35. The van der Waals surface area contributed by atoms with Gasteiger partial charge in [-0.05, 0) is 11.6 Å². The van der Waals surface area contributed by atoms with E-state index in [0.29, 0.717) is 0 Å². The smallest absolute Gasteiger partial charge is 0.117 e. The Bertz CT molecular complexity index is 634. The molecule has 1 aromatic carbocycles. The van der Waals surface area contributed by atoms with Gasteiger partial charge in [-0.15, -0.1) is 6.58 Å². The quantitative estimate of drug-likeness (QED) is 0.658. The topological polar surface area (TPSA) is 44.5 Å². The van der Waals surface area contributed by atoms with Crippen LogP contribution in [-0.2, 0) is 0 Å². The number of rotatable bonds is 3. The Balaban J connectivity index is 2.17. The van der Waals surface area contributed by atoms with E-state index in [1.54, 1.807) is 6.20 Å². The van der Waals surface area contributed by atoms with Crippen LogP contribution in [0.15, 0.2) is 55.5 Å². The van der Waals surface area contributed by atoms with E-state index in [2.05, 4.69) is 33.7 Å². The molecule has 0 fully saturated rings. The molecule has 2 aromatic heterocycles. The summed E-state index contributed by atoms with van der Waals surface area (Å²) >= 11 is 0. The maximum absolute atomic E-state index is 4.31. The second kappa shape index (κ2) is 3.94. The van der Waals surface area contributed by atoms with Gasteiger partial charge in [-0.2, -0.15) is 0 Å². The second-order valence-corrected chi connectivity index (χ2v) is 3.98. The molecule has 1 unspecified atom stereocenters. The van der Waals surface area contributed by atoms with Gasteiger partial charge in [-0.3, -0.25) is 0 Å². The van der Waals surface area contributed by atoms with Crippen molar-refractivity contribution in [2.45, 2.75) is 5.92 Å². The first-order valence-corrected chi connectivity index (χ1v) is 5.58. The average Bonchev–Trinajstić information content (AvgIpc) is 3.01. The molecule has 3 rings (SSSR count). The number of hydrogen-bond acceptors (Lipinski definition) is 1. The fourth-order valence-electron chi connectivity index (χ4n) is 2.18. The van der Waals surface area contributed by atoms with Crippen LogP contribution in [0.2, 0.25) is 0 Å². The molecular weight excluding hydrogens is 210 g/mol. The zero-order chi connectivity index (χ0) is 11.7. The van der Waals surface area contributed by atoms with Crippen LogP contribution in [0.4, 0.5) is 0 Å². The highest BCUT2D eigenvalue weighted by atomic mass is 14.9. The van der Waals surface area contributed by atoms with E-state index in [4.69, 9.17) is 0 Å². The van der Waals surface area contributed by atoms with Crippen molar-refractivity contribution < 1.29 is 0 Å². The number of imidazole rings is 1. The van der Waals surface area contributed by atoms with E-state index in [9.17, 15) is 0 Å².